The molecule has 1 aromatic heterocycles. The summed E-state index contributed by atoms with van der Waals surface area (Å²) < 4.78 is 2.43. The van der Waals surface area contributed by atoms with Gasteiger partial charge >= 0.3 is 0 Å². The monoisotopic (exact) mass is 931 g/mol. The van der Waals surface area contributed by atoms with Gasteiger partial charge in [-0.2, -0.15) is 0 Å². The highest BCUT2D eigenvalue weighted by Gasteiger charge is 2.23. The van der Waals surface area contributed by atoms with Gasteiger partial charge in [-0.1, -0.05) is 213 Å². The fourth-order valence-corrected chi connectivity index (χ4v) is 8.72. The van der Waals surface area contributed by atoms with E-state index in [0.29, 0.717) is 0 Å². The lowest BCUT2D eigenvalue weighted by Crippen LogP contribution is -1.98. The number of para-hydroxylation sites is 1. The first kappa shape index (κ1) is 52.8. The second-order valence-electron chi connectivity index (χ2n) is 18.4. The molecule has 2 nitrogen and oxygen atoms in total. The summed E-state index contributed by atoms with van der Waals surface area (Å²) in [5.41, 5.74) is 23.4. The van der Waals surface area contributed by atoms with E-state index in [1.165, 1.54) is 99.8 Å². The molecule has 0 spiro atoms. The second-order valence-corrected chi connectivity index (χ2v) is 18.4. The van der Waals surface area contributed by atoms with E-state index in [4.69, 9.17) is 0 Å². The molecule has 0 atom stereocenters. The summed E-state index contributed by atoms with van der Waals surface area (Å²) in [5.74, 6) is 0. The molecule has 0 bridgehead atoms. The molecule has 0 saturated carbocycles. The van der Waals surface area contributed by atoms with Crippen molar-refractivity contribution in [3.63, 3.8) is 0 Å². The van der Waals surface area contributed by atoms with Crippen LogP contribution in [0.4, 0.5) is 0 Å². The molecule has 11 rings (SSSR count). The molecular weight excluding hydrogens is 857 g/mol. The topological polar surface area (TPSA) is 17.3 Å². The highest BCUT2D eigenvalue weighted by molar-refractivity contribution is 6.10. The molecule has 0 amide bonds. The maximum atomic E-state index is 4.62. The lowest BCUT2D eigenvalue weighted by atomic mass is 9.95. The fourth-order valence-electron chi connectivity index (χ4n) is 8.72. The van der Waals surface area contributed by atoms with Crippen LogP contribution < -0.4 is 0 Å². The number of hydrogen-bond acceptors (Lipinski definition) is 1. The van der Waals surface area contributed by atoms with E-state index < -0.39 is 0 Å². The van der Waals surface area contributed by atoms with Crippen LogP contribution in [-0.2, 0) is 13.0 Å². The van der Waals surface area contributed by atoms with Gasteiger partial charge in [0.1, 0.15) is 0 Å². The van der Waals surface area contributed by atoms with Crippen molar-refractivity contribution in [2.75, 3.05) is 0 Å². The third-order valence-corrected chi connectivity index (χ3v) is 13.0. The number of allylic oxidation sites excluding steroid dienone is 5. The summed E-state index contributed by atoms with van der Waals surface area (Å²) in [5, 5.41) is 2.63. The second kappa shape index (κ2) is 26.4. The van der Waals surface area contributed by atoms with Crippen molar-refractivity contribution < 1.29 is 0 Å². The van der Waals surface area contributed by atoms with Crippen molar-refractivity contribution >= 4 is 33.1 Å². The molecule has 0 radical (unpaired) electrons. The predicted molar refractivity (Wildman–Crippen MR) is 313 cm³/mol. The largest absolute Gasteiger partial charge is 0.309 e. The third-order valence-electron chi connectivity index (χ3n) is 13.0. The zero-order chi connectivity index (χ0) is 50.7. The van der Waals surface area contributed by atoms with Crippen LogP contribution in [-0.4, -0.2) is 10.3 Å². The van der Waals surface area contributed by atoms with Crippen molar-refractivity contribution in [1.82, 2.24) is 4.57 Å². The Morgan fingerprint density at radius 3 is 1.66 bits per heavy atom. The van der Waals surface area contributed by atoms with Crippen LogP contribution in [0.15, 0.2) is 223 Å². The van der Waals surface area contributed by atoms with Gasteiger partial charge in [-0.3, -0.25) is 4.99 Å². The molecule has 0 N–H and O–H groups in total. The van der Waals surface area contributed by atoms with E-state index in [9.17, 15) is 0 Å². The molecule has 8 aromatic carbocycles. The Bertz CT molecular complexity index is 3180. The van der Waals surface area contributed by atoms with E-state index in [1.807, 2.05) is 56.3 Å². The lowest BCUT2D eigenvalue weighted by molar-refractivity contribution is 1.02. The number of aryl methyl sites for hydroxylation is 6. The van der Waals surface area contributed by atoms with Crippen LogP contribution in [0.25, 0.3) is 44.2 Å². The number of aliphatic imine (C=N–C) groups is 1. The standard InChI is InChI=1S/C30H25N.C15H17N.C8H10.2C7H8.C2H6/c1-18(2)24-10-7-8-22-16-21-12-13-23(17-26(21)30(22)24)31-28-11-6-5-9-25(28)27-14-19(3)20(4)15-29(27)31;1-13(15-10-6-3-7-11-15)16-12-14-8-4-2-5-9-14;1-7-5-3-4-6-8(7)2;2*1-7-5-3-2-4-6-7;1-2/h5-15,17H,1,16H2,2-4H3;2,4-6,8-11H,3,7,12H2,1H3;3-6H,1-2H3;2*2-6H,1H3;1-2H3. The van der Waals surface area contributed by atoms with Crippen molar-refractivity contribution in [3.8, 4) is 16.8 Å². The normalized spacial score (nSPS) is 11.9. The Morgan fingerprint density at radius 2 is 1.10 bits per heavy atom. The van der Waals surface area contributed by atoms with Gasteiger partial charge in [0.15, 0.2) is 0 Å². The minimum atomic E-state index is 0.776. The Hall–Kier alpha value is -7.55. The maximum absolute atomic E-state index is 4.62. The lowest BCUT2D eigenvalue weighted by Gasteiger charge is -2.13. The van der Waals surface area contributed by atoms with Crippen molar-refractivity contribution in [3.05, 3.63) is 274 Å². The minimum Gasteiger partial charge on any atom is -0.309 e. The molecule has 0 aliphatic heterocycles. The van der Waals surface area contributed by atoms with Crippen LogP contribution in [0.1, 0.15) is 96.2 Å². The van der Waals surface area contributed by atoms with Gasteiger partial charge in [0.05, 0.1) is 17.6 Å². The third kappa shape index (κ3) is 14.3. The van der Waals surface area contributed by atoms with Crippen molar-refractivity contribution in [1.29, 1.82) is 0 Å². The number of nitrogens with zero attached hydrogens (tertiary/aromatic N) is 2. The SMILES string of the molecule is C=C(C)c1cccc2c1-c1cc(-n3c4ccccc4c4cc(C)c(C)cc43)ccc1C2.CC.CC(=NCc1ccccc1)C1=CCCC=C1.Cc1ccccc1.Cc1ccccc1.Cc1ccccc1C. The predicted octanol–water partition coefficient (Wildman–Crippen LogP) is 19.2. The van der Waals surface area contributed by atoms with Crippen LogP contribution in [0.5, 0.6) is 0 Å². The average molecular weight is 931 g/mol. The Balaban J connectivity index is 0.000000170. The van der Waals surface area contributed by atoms with Crippen molar-refractivity contribution in [2.45, 2.75) is 95.0 Å². The molecule has 0 saturated heterocycles. The zero-order valence-corrected chi connectivity index (χ0v) is 44.1. The maximum Gasteiger partial charge on any atom is 0.0643 e. The zero-order valence-electron chi connectivity index (χ0n) is 44.1. The first-order valence-electron chi connectivity index (χ1n) is 25.4. The smallest absolute Gasteiger partial charge is 0.0643 e. The van der Waals surface area contributed by atoms with E-state index in [0.717, 1.165) is 37.1 Å². The van der Waals surface area contributed by atoms with Crippen LogP contribution >= 0.6 is 0 Å². The molecule has 360 valence electrons. The molecule has 0 unspecified atom stereocenters. The van der Waals surface area contributed by atoms with Crippen LogP contribution in [0, 0.1) is 41.5 Å². The molecule has 2 aliphatic carbocycles. The summed E-state index contributed by atoms with van der Waals surface area (Å²) in [6.45, 7) is 26.0. The van der Waals surface area contributed by atoms with E-state index >= 15 is 0 Å². The van der Waals surface area contributed by atoms with Gasteiger partial charge in [-0.25, -0.2) is 0 Å². The first-order chi connectivity index (χ1) is 34.5. The van der Waals surface area contributed by atoms with Gasteiger partial charge in [0, 0.05) is 22.2 Å². The number of benzene rings is 8. The summed E-state index contributed by atoms with van der Waals surface area (Å²) >= 11 is 0. The molecule has 0 fully saturated rings. The highest BCUT2D eigenvalue weighted by atomic mass is 15.0. The van der Waals surface area contributed by atoms with E-state index in [1.54, 1.807) is 0 Å². The Kier molecular flexibility index (Phi) is 19.7. The highest BCUT2D eigenvalue weighted by Crippen LogP contribution is 2.43. The van der Waals surface area contributed by atoms with Gasteiger partial charge in [-0.15, -0.1) is 0 Å². The average Bonchev–Trinajstić information content (AvgIpc) is 3.93. The molecule has 9 aromatic rings. The van der Waals surface area contributed by atoms with Gasteiger partial charge in [0.2, 0.25) is 0 Å². The number of hydrogen-bond donors (Lipinski definition) is 0. The van der Waals surface area contributed by atoms with E-state index in [2.05, 4.69) is 235 Å². The molecule has 71 heavy (non-hydrogen) atoms. The molecule has 2 aliphatic rings. The number of rotatable bonds is 5. The van der Waals surface area contributed by atoms with E-state index in [-0.39, 0.29) is 0 Å². The molecule has 1 heterocycles. The van der Waals surface area contributed by atoms with Gasteiger partial charge < -0.3 is 4.57 Å². The Labute approximate surface area is 426 Å². The quantitative estimate of drug-likeness (QED) is 0.153. The molecular formula is C69H74N2. The first-order valence-corrected chi connectivity index (χ1v) is 25.4. The van der Waals surface area contributed by atoms with Gasteiger partial charge in [0.25, 0.3) is 0 Å². The summed E-state index contributed by atoms with van der Waals surface area (Å²) in [6, 6.07) is 66.3. The number of aromatic nitrogens is 1. The summed E-state index contributed by atoms with van der Waals surface area (Å²) in [7, 11) is 0. The minimum absolute atomic E-state index is 0.776. The number of fused-ring (bicyclic) bond motifs is 6. The van der Waals surface area contributed by atoms with Gasteiger partial charge in [-0.05, 0) is 166 Å². The fraction of sp³-hybridized carbons (Fsp3) is 0.203. The molecule has 2 heteroatoms. The Morgan fingerprint density at radius 1 is 0.521 bits per heavy atom. The van der Waals surface area contributed by atoms with Crippen LogP contribution in [0.2, 0.25) is 0 Å². The van der Waals surface area contributed by atoms with Crippen LogP contribution in [0.3, 0.4) is 0 Å². The summed E-state index contributed by atoms with van der Waals surface area (Å²) in [6.07, 6.45) is 9.96. The van der Waals surface area contributed by atoms with Crippen molar-refractivity contribution in [2.24, 2.45) is 4.99 Å². The summed E-state index contributed by atoms with van der Waals surface area (Å²) in [4.78, 5) is 4.62.